The maximum absolute atomic E-state index is 5.19. The zero-order valence-corrected chi connectivity index (χ0v) is 12.7. The molecular formula is C16H26N2O2. The lowest BCUT2D eigenvalue weighted by Crippen LogP contribution is -2.30. The van der Waals surface area contributed by atoms with Gasteiger partial charge in [0.05, 0.1) is 13.2 Å². The SMILES string of the molecule is COCCN(CCOC)Cc1ccc2c(c1)CNCC2. The highest BCUT2D eigenvalue weighted by molar-refractivity contribution is 5.33. The first-order chi connectivity index (χ1) is 9.83. The van der Waals surface area contributed by atoms with Gasteiger partial charge in [0, 0.05) is 40.4 Å². The Morgan fingerprint density at radius 3 is 2.55 bits per heavy atom. The van der Waals surface area contributed by atoms with Gasteiger partial charge in [0.25, 0.3) is 0 Å². The average Bonchev–Trinajstić information content (AvgIpc) is 2.50. The summed E-state index contributed by atoms with van der Waals surface area (Å²) >= 11 is 0. The first-order valence-electron chi connectivity index (χ1n) is 7.35. The summed E-state index contributed by atoms with van der Waals surface area (Å²) in [6.07, 6.45) is 1.15. The van der Waals surface area contributed by atoms with Gasteiger partial charge in [-0.2, -0.15) is 0 Å². The predicted molar refractivity (Wildman–Crippen MR) is 80.9 cm³/mol. The Balaban J connectivity index is 1.97. The second-order valence-electron chi connectivity index (χ2n) is 5.29. The molecule has 1 heterocycles. The molecule has 4 heteroatoms. The number of benzene rings is 1. The van der Waals surface area contributed by atoms with E-state index in [9.17, 15) is 0 Å². The third-order valence-corrected chi connectivity index (χ3v) is 3.79. The van der Waals surface area contributed by atoms with Crippen molar-refractivity contribution in [2.24, 2.45) is 0 Å². The van der Waals surface area contributed by atoms with Crippen molar-refractivity contribution in [1.29, 1.82) is 0 Å². The number of nitrogens with one attached hydrogen (secondary N) is 1. The second kappa shape index (κ2) is 8.37. The molecule has 20 heavy (non-hydrogen) atoms. The molecule has 0 saturated carbocycles. The molecule has 4 nitrogen and oxygen atoms in total. The zero-order chi connectivity index (χ0) is 14.2. The van der Waals surface area contributed by atoms with Crippen molar-refractivity contribution < 1.29 is 9.47 Å². The Kier molecular flexibility index (Phi) is 6.47. The van der Waals surface area contributed by atoms with Crippen LogP contribution in [0.1, 0.15) is 16.7 Å². The van der Waals surface area contributed by atoms with Gasteiger partial charge in [-0.1, -0.05) is 18.2 Å². The van der Waals surface area contributed by atoms with Gasteiger partial charge in [-0.05, 0) is 29.7 Å². The largest absolute Gasteiger partial charge is 0.383 e. The van der Waals surface area contributed by atoms with Crippen LogP contribution in [0.15, 0.2) is 18.2 Å². The van der Waals surface area contributed by atoms with E-state index in [2.05, 4.69) is 28.4 Å². The molecule has 0 amide bonds. The average molecular weight is 278 g/mol. The minimum absolute atomic E-state index is 0.760. The molecule has 2 rings (SSSR count). The van der Waals surface area contributed by atoms with E-state index in [0.29, 0.717) is 0 Å². The normalized spacial score (nSPS) is 14.6. The number of hydrogen-bond acceptors (Lipinski definition) is 4. The van der Waals surface area contributed by atoms with Gasteiger partial charge in [0.1, 0.15) is 0 Å². The minimum Gasteiger partial charge on any atom is -0.383 e. The molecular weight excluding hydrogens is 252 g/mol. The number of nitrogens with zero attached hydrogens (tertiary/aromatic N) is 1. The van der Waals surface area contributed by atoms with Crippen LogP contribution < -0.4 is 5.32 Å². The maximum Gasteiger partial charge on any atom is 0.0589 e. The molecule has 0 saturated heterocycles. The first kappa shape index (κ1) is 15.4. The van der Waals surface area contributed by atoms with Crippen molar-refractivity contribution in [1.82, 2.24) is 10.2 Å². The van der Waals surface area contributed by atoms with E-state index in [1.54, 1.807) is 14.2 Å². The Labute approximate surface area is 122 Å². The number of methoxy groups -OCH3 is 2. The number of rotatable bonds is 8. The Morgan fingerprint density at radius 2 is 1.85 bits per heavy atom. The van der Waals surface area contributed by atoms with Crippen LogP contribution in [-0.4, -0.2) is 52.0 Å². The molecule has 1 aromatic rings. The molecule has 0 unspecified atom stereocenters. The van der Waals surface area contributed by atoms with Crippen LogP contribution in [0.4, 0.5) is 0 Å². The summed E-state index contributed by atoms with van der Waals surface area (Å²) in [6.45, 7) is 6.45. The summed E-state index contributed by atoms with van der Waals surface area (Å²) in [5.41, 5.74) is 4.32. The van der Waals surface area contributed by atoms with E-state index in [0.717, 1.165) is 52.4 Å². The summed E-state index contributed by atoms with van der Waals surface area (Å²) < 4.78 is 10.4. The number of fused-ring (bicyclic) bond motifs is 1. The molecule has 112 valence electrons. The van der Waals surface area contributed by atoms with Crippen LogP contribution in [0.5, 0.6) is 0 Å². The molecule has 0 radical (unpaired) electrons. The highest BCUT2D eigenvalue weighted by Gasteiger charge is 2.11. The molecule has 1 aromatic carbocycles. The van der Waals surface area contributed by atoms with Crippen molar-refractivity contribution >= 4 is 0 Å². The molecule has 0 fully saturated rings. The van der Waals surface area contributed by atoms with E-state index in [-0.39, 0.29) is 0 Å². The fourth-order valence-electron chi connectivity index (χ4n) is 2.60. The molecule has 1 N–H and O–H groups in total. The van der Waals surface area contributed by atoms with Crippen molar-refractivity contribution in [2.45, 2.75) is 19.5 Å². The highest BCUT2D eigenvalue weighted by atomic mass is 16.5. The van der Waals surface area contributed by atoms with Gasteiger partial charge in [-0.25, -0.2) is 0 Å². The molecule has 0 spiro atoms. The van der Waals surface area contributed by atoms with Crippen LogP contribution in [0.3, 0.4) is 0 Å². The van der Waals surface area contributed by atoms with Crippen molar-refractivity contribution in [2.75, 3.05) is 47.1 Å². The van der Waals surface area contributed by atoms with Gasteiger partial charge < -0.3 is 14.8 Å². The van der Waals surface area contributed by atoms with Crippen LogP contribution in [-0.2, 0) is 29.0 Å². The monoisotopic (exact) mass is 278 g/mol. The standard InChI is InChI=1S/C16H26N2O2/c1-19-9-7-18(8-10-20-2)13-14-3-4-15-5-6-17-12-16(15)11-14/h3-4,11,17H,5-10,12-13H2,1-2H3. The van der Waals surface area contributed by atoms with Crippen molar-refractivity contribution in [3.63, 3.8) is 0 Å². The second-order valence-corrected chi connectivity index (χ2v) is 5.29. The lowest BCUT2D eigenvalue weighted by Gasteiger charge is -2.23. The van der Waals surface area contributed by atoms with Gasteiger partial charge in [-0.15, -0.1) is 0 Å². The number of ether oxygens (including phenoxy) is 2. The van der Waals surface area contributed by atoms with Gasteiger partial charge >= 0.3 is 0 Å². The Hall–Kier alpha value is -0.940. The Morgan fingerprint density at radius 1 is 1.10 bits per heavy atom. The lowest BCUT2D eigenvalue weighted by atomic mass is 9.98. The third kappa shape index (κ3) is 4.56. The fourth-order valence-corrected chi connectivity index (χ4v) is 2.60. The smallest absolute Gasteiger partial charge is 0.0589 e. The summed E-state index contributed by atoms with van der Waals surface area (Å²) in [6, 6.07) is 6.89. The number of hydrogen-bond donors (Lipinski definition) is 1. The highest BCUT2D eigenvalue weighted by Crippen LogP contribution is 2.17. The molecule has 1 aliphatic heterocycles. The molecule has 0 atom stereocenters. The maximum atomic E-state index is 5.19. The summed E-state index contributed by atoms with van der Waals surface area (Å²) in [5, 5.41) is 3.44. The van der Waals surface area contributed by atoms with Crippen LogP contribution in [0.2, 0.25) is 0 Å². The van der Waals surface area contributed by atoms with Crippen LogP contribution in [0.25, 0.3) is 0 Å². The fraction of sp³-hybridized carbons (Fsp3) is 0.625. The van der Waals surface area contributed by atoms with E-state index in [1.807, 2.05) is 0 Å². The lowest BCUT2D eigenvalue weighted by molar-refractivity contribution is 0.110. The quantitative estimate of drug-likeness (QED) is 0.780. The minimum atomic E-state index is 0.760. The molecule has 1 aliphatic rings. The summed E-state index contributed by atoms with van der Waals surface area (Å²) in [4.78, 5) is 2.38. The Bertz CT molecular complexity index is 401. The van der Waals surface area contributed by atoms with Gasteiger partial charge in [0.15, 0.2) is 0 Å². The first-order valence-corrected chi connectivity index (χ1v) is 7.35. The molecule has 0 bridgehead atoms. The van der Waals surface area contributed by atoms with E-state index in [1.165, 1.54) is 16.7 Å². The van der Waals surface area contributed by atoms with Gasteiger partial charge in [-0.3, -0.25) is 4.90 Å². The van der Waals surface area contributed by atoms with Crippen molar-refractivity contribution in [3.05, 3.63) is 34.9 Å². The topological polar surface area (TPSA) is 33.7 Å². The molecule has 0 aromatic heterocycles. The summed E-state index contributed by atoms with van der Waals surface area (Å²) in [5.74, 6) is 0. The van der Waals surface area contributed by atoms with E-state index >= 15 is 0 Å². The predicted octanol–water partition coefficient (Wildman–Crippen LogP) is 1.43. The van der Waals surface area contributed by atoms with Crippen LogP contribution in [0, 0.1) is 0 Å². The summed E-state index contributed by atoms with van der Waals surface area (Å²) in [7, 11) is 3.50. The van der Waals surface area contributed by atoms with Crippen molar-refractivity contribution in [3.8, 4) is 0 Å². The van der Waals surface area contributed by atoms with E-state index in [4.69, 9.17) is 9.47 Å². The van der Waals surface area contributed by atoms with Crippen LogP contribution >= 0.6 is 0 Å². The van der Waals surface area contributed by atoms with Gasteiger partial charge in [0.2, 0.25) is 0 Å². The zero-order valence-electron chi connectivity index (χ0n) is 12.7. The third-order valence-electron chi connectivity index (χ3n) is 3.79. The molecule has 0 aliphatic carbocycles. The van der Waals surface area contributed by atoms with E-state index < -0.39 is 0 Å².